The largest absolute Gasteiger partial charge is 0.491 e. The summed E-state index contributed by atoms with van der Waals surface area (Å²) >= 11 is 0. The van der Waals surface area contributed by atoms with Crippen molar-refractivity contribution in [3.63, 3.8) is 0 Å². The molecule has 0 atom stereocenters. The summed E-state index contributed by atoms with van der Waals surface area (Å²) in [5.74, 6) is -1.60. The van der Waals surface area contributed by atoms with Crippen LogP contribution >= 0.6 is 0 Å². The van der Waals surface area contributed by atoms with E-state index in [0.29, 0.717) is 0 Å². The Balaban J connectivity index is 3.05. The van der Waals surface area contributed by atoms with Gasteiger partial charge in [0.15, 0.2) is 5.76 Å². The van der Waals surface area contributed by atoms with Crippen molar-refractivity contribution in [1.29, 1.82) is 0 Å². The normalized spacial score (nSPS) is 18.4. The van der Waals surface area contributed by atoms with E-state index >= 15 is 0 Å². The van der Waals surface area contributed by atoms with E-state index in [-0.39, 0.29) is 18.3 Å². The summed E-state index contributed by atoms with van der Waals surface area (Å²) in [6, 6.07) is 0. The van der Waals surface area contributed by atoms with E-state index < -0.39 is 16.6 Å². The molecule has 0 unspecified atom stereocenters. The molecule has 1 aliphatic rings. The molecule has 1 N–H and O–H groups in total. The number of carboxylic acid groups (broad SMARTS) is 1. The Hall–Kier alpha value is -1.59. The number of aliphatic carboxylic acids is 1. The van der Waals surface area contributed by atoms with E-state index in [2.05, 4.69) is 0 Å². The second-order valence-electron chi connectivity index (χ2n) is 4.04. The number of rotatable bonds is 5. The summed E-state index contributed by atoms with van der Waals surface area (Å²) in [6.07, 6.45) is 4.55. The maximum Gasteiger partial charge on any atom is 0.411 e. The molecule has 0 spiro atoms. The molecule has 17 heavy (non-hydrogen) atoms. The van der Waals surface area contributed by atoms with Crippen LogP contribution in [0, 0.1) is 16.0 Å². The van der Waals surface area contributed by atoms with E-state index in [0.717, 1.165) is 32.1 Å². The Bertz CT molecular complexity index is 315. The maximum absolute atomic E-state index is 10.9. The average molecular weight is 243 g/mol. The fourth-order valence-corrected chi connectivity index (χ4v) is 2.17. The molecule has 0 heterocycles. The van der Waals surface area contributed by atoms with Crippen LogP contribution in [0.15, 0.2) is 11.5 Å². The molecule has 6 heteroatoms. The van der Waals surface area contributed by atoms with Gasteiger partial charge in [0.25, 0.3) is 0 Å². The van der Waals surface area contributed by atoms with Gasteiger partial charge in [-0.2, -0.15) is 0 Å². The lowest BCUT2D eigenvalue weighted by Crippen LogP contribution is -2.21. The van der Waals surface area contributed by atoms with Crippen molar-refractivity contribution < 1.29 is 19.6 Å². The molecule has 1 saturated carbocycles. The van der Waals surface area contributed by atoms with Crippen LogP contribution in [0.3, 0.4) is 0 Å². The molecule has 0 bridgehead atoms. The zero-order chi connectivity index (χ0) is 12.8. The first-order valence-corrected chi connectivity index (χ1v) is 5.82. The Morgan fingerprint density at radius 3 is 2.41 bits per heavy atom. The monoisotopic (exact) mass is 243 g/mol. The van der Waals surface area contributed by atoms with Crippen molar-refractivity contribution in [1.82, 2.24) is 0 Å². The molecular formula is C11H17NO5. The van der Waals surface area contributed by atoms with E-state index in [4.69, 9.17) is 9.84 Å². The molecule has 6 nitrogen and oxygen atoms in total. The Morgan fingerprint density at radius 2 is 2.00 bits per heavy atom. The van der Waals surface area contributed by atoms with Gasteiger partial charge >= 0.3 is 11.7 Å². The number of nitro groups is 1. The van der Waals surface area contributed by atoms with Gasteiger partial charge in [-0.05, 0) is 19.8 Å². The van der Waals surface area contributed by atoms with Crippen LogP contribution in [0.5, 0.6) is 0 Å². The second-order valence-corrected chi connectivity index (χ2v) is 4.04. The maximum atomic E-state index is 10.9. The van der Waals surface area contributed by atoms with E-state index in [1.807, 2.05) is 0 Å². The predicted molar refractivity (Wildman–Crippen MR) is 59.9 cm³/mol. The highest BCUT2D eigenvalue weighted by Gasteiger charge is 2.34. The van der Waals surface area contributed by atoms with Gasteiger partial charge < -0.3 is 9.84 Å². The van der Waals surface area contributed by atoms with Gasteiger partial charge in [-0.1, -0.05) is 19.3 Å². The SMILES string of the molecule is CCOC(=C(C(=O)O)[N+](=O)[O-])C1CCCCC1. The van der Waals surface area contributed by atoms with E-state index in [1.54, 1.807) is 6.92 Å². The first-order chi connectivity index (χ1) is 8.07. The average Bonchev–Trinajstić information content (AvgIpc) is 2.28. The second kappa shape index (κ2) is 6.22. The quantitative estimate of drug-likeness (QED) is 0.346. The zero-order valence-electron chi connectivity index (χ0n) is 9.85. The van der Waals surface area contributed by atoms with Crippen LogP contribution in [-0.2, 0) is 9.53 Å². The van der Waals surface area contributed by atoms with Gasteiger partial charge in [0.1, 0.15) is 0 Å². The first kappa shape index (κ1) is 13.5. The molecule has 0 aromatic rings. The highest BCUT2D eigenvalue weighted by atomic mass is 16.6. The molecule has 1 aliphatic carbocycles. The van der Waals surface area contributed by atoms with Crippen LogP contribution in [-0.4, -0.2) is 22.6 Å². The summed E-state index contributed by atoms with van der Waals surface area (Å²) in [5.41, 5.74) is -0.807. The van der Waals surface area contributed by atoms with Crippen LogP contribution < -0.4 is 0 Å². The molecule has 0 aliphatic heterocycles. The first-order valence-electron chi connectivity index (χ1n) is 5.82. The van der Waals surface area contributed by atoms with Gasteiger partial charge in [0.05, 0.1) is 11.5 Å². The van der Waals surface area contributed by atoms with Gasteiger partial charge in [-0.3, -0.25) is 10.1 Å². The minimum atomic E-state index is -1.52. The van der Waals surface area contributed by atoms with Crippen molar-refractivity contribution in [2.45, 2.75) is 39.0 Å². The lowest BCUT2D eigenvalue weighted by molar-refractivity contribution is -0.424. The van der Waals surface area contributed by atoms with E-state index in [9.17, 15) is 14.9 Å². The Kier molecular flexibility index (Phi) is 4.93. The van der Waals surface area contributed by atoms with Crippen LogP contribution in [0.2, 0.25) is 0 Å². The number of nitrogens with zero attached hydrogens (tertiary/aromatic N) is 1. The lowest BCUT2D eigenvalue weighted by Gasteiger charge is -2.23. The number of carbonyl (C=O) groups is 1. The predicted octanol–water partition coefficient (Wildman–Crippen LogP) is 2.18. The molecule has 0 aromatic carbocycles. The molecule has 96 valence electrons. The molecule has 1 rings (SSSR count). The molecule has 0 amide bonds. The van der Waals surface area contributed by atoms with Gasteiger partial charge in [-0.25, -0.2) is 4.79 Å². The highest BCUT2D eigenvalue weighted by Crippen LogP contribution is 2.32. The van der Waals surface area contributed by atoms with Crippen molar-refractivity contribution in [3.8, 4) is 0 Å². The smallest absolute Gasteiger partial charge is 0.411 e. The topological polar surface area (TPSA) is 89.7 Å². The van der Waals surface area contributed by atoms with Crippen LogP contribution in [0.25, 0.3) is 0 Å². The number of ether oxygens (including phenoxy) is 1. The fraction of sp³-hybridized carbons (Fsp3) is 0.727. The Morgan fingerprint density at radius 1 is 1.41 bits per heavy atom. The van der Waals surface area contributed by atoms with Crippen molar-refractivity contribution in [3.05, 3.63) is 21.6 Å². The van der Waals surface area contributed by atoms with Crippen LogP contribution in [0.1, 0.15) is 39.0 Å². The summed E-state index contributed by atoms with van der Waals surface area (Å²) in [6.45, 7) is 1.94. The van der Waals surface area contributed by atoms with Gasteiger partial charge in [-0.15, -0.1) is 0 Å². The summed E-state index contributed by atoms with van der Waals surface area (Å²) in [5, 5.41) is 19.7. The lowest BCUT2D eigenvalue weighted by atomic mass is 9.87. The van der Waals surface area contributed by atoms with Crippen molar-refractivity contribution >= 4 is 5.97 Å². The Labute approximate surface area is 99.4 Å². The third-order valence-corrected chi connectivity index (χ3v) is 2.89. The number of carboxylic acids is 1. The molecule has 0 radical (unpaired) electrons. The van der Waals surface area contributed by atoms with Gasteiger partial charge in [0, 0.05) is 5.92 Å². The molecule has 0 saturated heterocycles. The third-order valence-electron chi connectivity index (χ3n) is 2.89. The minimum Gasteiger partial charge on any atom is -0.491 e. The minimum absolute atomic E-state index is 0.0460. The summed E-state index contributed by atoms with van der Waals surface area (Å²) in [7, 11) is 0. The van der Waals surface area contributed by atoms with Crippen LogP contribution in [0.4, 0.5) is 0 Å². The molecule has 1 fully saturated rings. The van der Waals surface area contributed by atoms with E-state index in [1.165, 1.54) is 0 Å². The van der Waals surface area contributed by atoms with Crippen molar-refractivity contribution in [2.75, 3.05) is 6.61 Å². The fourth-order valence-electron chi connectivity index (χ4n) is 2.17. The number of hydrogen-bond donors (Lipinski definition) is 1. The zero-order valence-corrected chi connectivity index (χ0v) is 9.85. The molecule has 0 aromatic heterocycles. The molecular weight excluding hydrogens is 226 g/mol. The summed E-state index contributed by atoms with van der Waals surface area (Å²) < 4.78 is 5.22. The van der Waals surface area contributed by atoms with Crippen molar-refractivity contribution in [2.24, 2.45) is 5.92 Å². The number of hydrogen-bond acceptors (Lipinski definition) is 4. The number of allylic oxidation sites excluding steroid dienone is 1. The third kappa shape index (κ3) is 3.44. The summed E-state index contributed by atoms with van der Waals surface area (Å²) in [4.78, 5) is 20.8. The highest BCUT2D eigenvalue weighted by molar-refractivity contribution is 5.84. The standard InChI is InChI=1S/C11H17NO5/c1-2-17-10(8-6-4-3-5-7-8)9(11(13)14)12(15)16/h8H,2-7H2,1H3,(H,13,14). The van der Waals surface area contributed by atoms with Gasteiger partial charge in [0.2, 0.25) is 0 Å².